The third-order valence-electron chi connectivity index (χ3n) is 15.5. The highest BCUT2D eigenvalue weighted by Crippen LogP contribution is 2.73. The number of cyclic esters (lactones) is 1. The zero-order chi connectivity index (χ0) is 48.6. The standard InChI is InChI=1S/C52H69N8O6S2/c1-12-15-33(41(53-8)31(5)65-11)43-35-25-50(6,7)29-66-47(62)36-16-14-21-60(55-36)48(63)52(26-39-54-37(27-67-39)32-17-18-38(34(35)24-32)58(43)13-2)40(45-46(52)68-45)44(61)42(30(3)4)57(10)49(64)59-23-22-56(9)28-51(59)19-20-51/h12-13,15,17-18,22,24,27,30-31,36,40,42,45-46,53,55H,2,14,16,19-21,23,25-26,28-29H2,1,3-11H3/q+1/b15-12-,41-33+/t31-,36-,40?,42-,45?,46?,52?/m0/s1. The molecule has 7 atom stereocenters. The van der Waals surface area contributed by atoms with Gasteiger partial charge in [-0.3, -0.25) is 19.4 Å². The fraction of sp³-hybridized carbons (Fsp3) is 0.577. The number of allylic oxidation sites excluding steroid dienone is 3. The van der Waals surface area contributed by atoms with E-state index in [9.17, 15) is 9.59 Å². The topological polar surface area (TPSA) is 141 Å². The summed E-state index contributed by atoms with van der Waals surface area (Å²) in [5.41, 5.74) is 8.04. The Hall–Kier alpha value is -4.77. The number of nitrogens with zero attached hydrogens (tertiary/aromatic N) is 6. The third kappa shape index (κ3) is 8.14. The Balaban J connectivity index is 1.15. The van der Waals surface area contributed by atoms with Crippen molar-refractivity contribution in [2.45, 2.75) is 114 Å². The van der Waals surface area contributed by atoms with E-state index < -0.39 is 34.8 Å². The van der Waals surface area contributed by atoms with Crippen LogP contribution in [0, 0.1) is 22.7 Å². The number of thioether (sulfide) groups is 1. The van der Waals surface area contributed by atoms with Gasteiger partial charge in [-0.25, -0.2) is 19.8 Å². The molecule has 3 aromatic rings. The lowest BCUT2D eigenvalue weighted by atomic mass is 9.55. The summed E-state index contributed by atoms with van der Waals surface area (Å²) in [6.45, 7) is 18.3. The van der Waals surface area contributed by atoms with Gasteiger partial charge in [0.1, 0.15) is 25.2 Å². The Morgan fingerprint density at radius 1 is 1.18 bits per heavy atom. The molecule has 3 amide bonds. The summed E-state index contributed by atoms with van der Waals surface area (Å²) in [5, 5.41) is 8.72. The van der Waals surface area contributed by atoms with E-state index in [0.29, 0.717) is 32.4 Å². The summed E-state index contributed by atoms with van der Waals surface area (Å²) < 4.78 is 16.4. The van der Waals surface area contributed by atoms with Crippen LogP contribution >= 0.6 is 23.1 Å². The number of urea groups is 1. The lowest BCUT2D eigenvalue weighted by Gasteiger charge is -2.50. The van der Waals surface area contributed by atoms with Crippen LogP contribution in [0.4, 0.5) is 4.79 Å². The number of amides is 3. The Morgan fingerprint density at radius 2 is 1.94 bits per heavy atom. The zero-order valence-corrected chi connectivity index (χ0v) is 43.0. The fourth-order valence-electron chi connectivity index (χ4n) is 11.8. The molecule has 4 aliphatic heterocycles. The number of ether oxygens (including phenoxy) is 2. The highest BCUT2D eigenvalue weighted by Gasteiger charge is 2.79. The fourth-order valence-corrected chi connectivity index (χ4v) is 14.5. The molecule has 6 bridgehead atoms. The van der Waals surface area contributed by atoms with Crippen LogP contribution in [0.3, 0.4) is 0 Å². The predicted octanol–water partition coefficient (Wildman–Crippen LogP) is 6.88. The maximum Gasteiger partial charge on any atom is 0.324 e. The molecule has 1 aromatic carbocycles. The molecule has 4 unspecified atom stereocenters. The summed E-state index contributed by atoms with van der Waals surface area (Å²) in [6.07, 6.45) is 11.6. The number of hydrazine groups is 1. The maximum atomic E-state index is 15.5. The minimum Gasteiger partial charge on any atom is -0.464 e. The monoisotopic (exact) mass is 965 g/mol. The van der Waals surface area contributed by atoms with Gasteiger partial charge in [-0.1, -0.05) is 52.5 Å². The largest absolute Gasteiger partial charge is 0.464 e. The first kappa shape index (κ1) is 48.3. The second kappa shape index (κ2) is 18.2. The number of esters is 1. The van der Waals surface area contributed by atoms with Crippen LogP contribution in [-0.4, -0.2) is 148 Å². The molecule has 9 rings (SSSR count). The van der Waals surface area contributed by atoms with E-state index in [-0.39, 0.29) is 58.8 Å². The number of carbonyl (C=O) groups is 4. The van der Waals surface area contributed by atoms with Gasteiger partial charge in [0.2, 0.25) is 5.91 Å². The Bertz CT molecular complexity index is 2640. The number of nitrogens with one attached hydrogen (secondary N) is 2. The quantitative estimate of drug-likeness (QED) is 0.0957. The smallest absolute Gasteiger partial charge is 0.324 e. The molecular weight excluding hydrogens is 897 g/mol. The van der Waals surface area contributed by atoms with Gasteiger partial charge in [-0.2, -0.15) is 11.8 Å². The molecule has 2 N–H and O–H groups in total. The van der Waals surface area contributed by atoms with Gasteiger partial charge in [0.05, 0.1) is 46.1 Å². The second-order valence-corrected chi connectivity index (χ2v) is 23.3. The molecule has 16 heteroatoms. The first-order chi connectivity index (χ1) is 32.4. The van der Waals surface area contributed by atoms with Gasteiger partial charge in [0, 0.05) is 89.8 Å². The minimum atomic E-state index is -1.14. The zero-order valence-electron chi connectivity index (χ0n) is 41.4. The Morgan fingerprint density at radius 3 is 2.62 bits per heavy atom. The van der Waals surface area contributed by atoms with E-state index in [1.165, 1.54) is 11.3 Å². The maximum absolute atomic E-state index is 15.5. The van der Waals surface area contributed by atoms with Gasteiger partial charge < -0.3 is 29.2 Å². The Kier molecular flexibility index (Phi) is 12.9. The number of carbonyl (C=O) groups excluding carboxylic acids is 4. The number of methoxy groups -OCH3 is 1. The number of thiazole rings is 1. The molecule has 364 valence electrons. The molecule has 6 aliphatic rings. The number of hydrogen-bond donors (Lipinski definition) is 2. The summed E-state index contributed by atoms with van der Waals surface area (Å²) in [5.74, 6) is -1.55. The average molecular weight is 966 g/mol. The number of Topliss-reactive ketones (excluding diaryl/α,β-unsaturated/α-hetero) is 1. The normalized spacial score (nSPS) is 27.5. The number of fused-ring (bicyclic) bond motifs is 8. The van der Waals surface area contributed by atoms with E-state index >= 15 is 9.59 Å². The molecule has 14 nitrogen and oxygen atoms in total. The molecule has 2 aliphatic carbocycles. The molecule has 2 aromatic heterocycles. The van der Waals surface area contributed by atoms with Crippen LogP contribution in [0.2, 0.25) is 0 Å². The van der Waals surface area contributed by atoms with Gasteiger partial charge in [0.25, 0.3) is 0 Å². The minimum absolute atomic E-state index is 0.0475. The van der Waals surface area contributed by atoms with Crippen LogP contribution in [0.1, 0.15) is 83.5 Å². The van der Waals surface area contributed by atoms with Crippen LogP contribution in [0.15, 0.2) is 48.0 Å². The van der Waals surface area contributed by atoms with Crippen molar-refractivity contribution < 1.29 is 33.2 Å². The highest BCUT2D eigenvalue weighted by molar-refractivity contribution is 8.08. The van der Waals surface area contributed by atoms with E-state index in [1.807, 2.05) is 65.2 Å². The number of ketones is 1. The summed E-state index contributed by atoms with van der Waals surface area (Å²) in [7, 11) is 7.42. The SMILES string of the molecule is C=Cn1c(C(/C=C\C)=C(/NC)[C@H](C)OC)c2c3cc(ccc31)-c1csc(n1)CC1(C(=O)N3CCC[C@H](N3)C(=O)OCC(C)(C)C2)C2SC2C1C(=O)[C@H](C(C)C)N(C)C(=O)N1CC=[N+](C)CC12CC2. The summed E-state index contributed by atoms with van der Waals surface area (Å²) in [4.78, 5) is 68.6. The number of rotatable bonds is 10. The molecule has 6 heterocycles. The predicted molar refractivity (Wildman–Crippen MR) is 270 cm³/mol. The van der Waals surface area contributed by atoms with Gasteiger partial charge in [-0.15, -0.1) is 11.3 Å². The summed E-state index contributed by atoms with van der Waals surface area (Å²) in [6, 6.07) is 4.75. The first-order valence-electron chi connectivity index (χ1n) is 24.3. The summed E-state index contributed by atoms with van der Waals surface area (Å²) >= 11 is 3.19. The van der Waals surface area contributed by atoms with Crippen molar-refractivity contribution in [3.05, 3.63) is 64.3 Å². The van der Waals surface area contributed by atoms with Crippen LogP contribution in [-0.2, 0) is 36.7 Å². The molecular formula is C52H69N8O6S2+. The first-order valence-corrected chi connectivity index (χ1v) is 26.1. The van der Waals surface area contributed by atoms with Crippen molar-refractivity contribution in [3.63, 3.8) is 0 Å². The van der Waals surface area contributed by atoms with Crippen molar-refractivity contribution in [2.24, 2.45) is 22.7 Å². The lowest BCUT2D eigenvalue weighted by molar-refractivity contribution is -0.507. The van der Waals surface area contributed by atoms with E-state index in [2.05, 4.69) is 70.0 Å². The third-order valence-corrected chi connectivity index (χ3v) is 17.9. The number of aromatic nitrogens is 2. The van der Waals surface area contributed by atoms with Gasteiger partial charge in [0.15, 0.2) is 18.5 Å². The second-order valence-electron chi connectivity index (χ2n) is 21.1. The molecule has 2 spiro atoms. The van der Waals surface area contributed by atoms with Crippen molar-refractivity contribution in [2.75, 3.05) is 54.5 Å². The van der Waals surface area contributed by atoms with Crippen molar-refractivity contribution in [3.8, 4) is 11.3 Å². The highest BCUT2D eigenvalue weighted by atomic mass is 32.2. The molecule has 2 saturated heterocycles. The molecule has 2 saturated carbocycles. The van der Waals surface area contributed by atoms with Gasteiger partial charge in [-0.05, 0) is 69.6 Å². The van der Waals surface area contributed by atoms with E-state index in [0.717, 1.165) is 69.1 Å². The van der Waals surface area contributed by atoms with E-state index in [1.54, 1.807) is 35.8 Å². The van der Waals surface area contributed by atoms with Gasteiger partial charge >= 0.3 is 12.0 Å². The number of benzene rings is 1. The van der Waals surface area contributed by atoms with Crippen molar-refractivity contribution >= 4 is 75.7 Å². The molecule has 0 radical (unpaired) electrons. The van der Waals surface area contributed by atoms with Crippen LogP contribution in [0.25, 0.3) is 33.9 Å². The number of likely N-dealkylation sites (N-methyl/N-ethyl adjacent to an activating group) is 3. The van der Waals surface area contributed by atoms with Crippen molar-refractivity contribution in [1.29, 1.82) is 0 Å². The molecule has 68 heavy (non-hydrogen) atoms. The van der Waals surface area contributed by atoms with Crippen molar-refractivity contribution in [1.82, 2.24) is 35.1 Å². The molecule has 4 fully saturated rings. The average Bonchev–Trinajstić information content (AvgIpc) is 4.16. The number of hydrogen-bond acceptors (Lipinski definition) is 11. The van der Waals surface area contributed by atoms with E-state index in [4.69, 9.17) is 14.5 Å². The van der Waals surface area contributed by atoms with Crippen LogP contribution < -0.4 is 10.7 Å². The lowest BCUT2D eigenvalue weighted by Crippen LogP contribution is -2.69. The Labute approximate surface area is 409 Å². The van der Waals surface area contributed by atoms with Crippen LogP contribution in [0.5, 0.6) is 0 Å².